The monoisotopic (exact) mass is 496 g/mol. The van der Waals surface area contributed by atoms with Gasteiger partial charge in [-0.1, -0.05) is 84.9 Å². The SMILES string of the molecule is O=c1cccc(-c2ccccc2)n1-c1ccccn1.O=c1cccc(-c2ccccc2)n1-c1ccccn1. The van der Waals surface area contributed by atoms with Crippen molar-refractivity contribution in [2.24, 2.45) is 0 Å². The summed E-state index contributed by atoms with van der Waals surface area (Å²) in [5, 5.41) is 0. The van der Waals surface area contributed by atoms with Crippen LogP contribution >= 0.6 is 0 Å². The number of rotatable bonds is 4. The first-order chi connectivity index (χ1) is 18.7. The maximum atomic E-state index is 12.1. The predicted molar refractivity (Wildman–Crippen MR) is 151 cm³/mol. The smallest absolute Gasteiger partial charge is 0.256 e. The summed E-state index contributed by atoms with van der Waals surface area (Å²) in [4.78, 5) is 32.8. The minimum absolute atomic E-state index is 0.0833. The summed E-state index contributed by atoms with van der Waals surface area (Å²) < 4.78 is 3.24. The lowest BCUT2D eigenvalue weighted by atomic mass is 10.1. The van der Waals surface area contributed by atoms with Crippen LogP contribution in [-0.4, -0.2) is 19.1 Å². The van der Waals surface area contributed by atoms with Crippen molar-refractivity contribution < 1.29 is 0 Å². The standard InChI is InChI=1S/2C16H12N2O/c2*19-16-11-6-9-14(13-7-2-1-3-8-13)18(16)15-10-4-5-12-17-15/h2*1-12H. The Morgan fingerprint density at radius 1 is 0.395 bits per heavy atom. The minimum atomic E-state index is -0.0833. The molecule has 184 valence electrons. The lowest BCUT2D eigenvalue weighted by Gasteiger charge is -2.11. The number of hydrogen-bond donors (Lipinski definition) is 0. The number of pyridine rings is 4. The van der Waals surface area contributed by atoms with Crippen molar-refractivity contribution in [1.29, 1.82) is 0 Å². The Morgan fingerprint density at radius 3 is 1.16 bits per heavy atom. The molecule has 38 heavy (non-hydrogen) atoms. The van der Waals surface area contributed by atoms with E-state index in [0.29, 0.717) is 11.6 Å². The average Bonchev–Trinajstić information content (AvgIpc) is 2.99. The minimum Gasteiger partial charge on any atom is -0.269 e. The zero-order valence-corrected chi connectivity index (χ0v) is 20.5. The van der Waals surface area contributed by atoms with Gasteiger partial charge in [0.05, 0.1) is 11.4 Å². The van der Waals surface area contributed by atoms with E-state index in [9.17, 15) is 9.59 Å². The zero-order chi connectivity index (χ0) is 26.2. The molecule has 0 fully saturated rings. The molecule has 4 heterocycles. The molecule has 2 aromatic carbocycles. The van der Waals surface area contributed by atoms with E-state index >= 15 is 0 Å². The molecule has 0 radical (unpaired) electrons. The van der Waals surface area contributed by atoms with Gasteiger partial charge in [0, 0.05) is 24.5 Å². The first kappa shape index (κ1) is 24.3. The number of aromatic nitrogens is 4. The summed E-state index contributed by atoms with van der Waals surface area (Å²) >= 11 is 0. The molecule has 0 aliphatic heterocycles. The Morgan fingerprint density at radius 2 is 0.789 bits per heavy atom. The molecule has 6 rings (SSSR count). The highest BCUT2D eigenvalue weighted by Crippen LogP contribution is 2.20. The van der Waals surface area contributed by atoms with Crippen LogP contribution in [0.1, 0.15) is 0 Å². The van der Waals surface area contributed by atoms with Gasteiger partial charge in [0.1, 0.15) is 11.6 Å². The van der Waals surface area contributed by atoms with Crippen molar-refractivity contribution in [2.45, 2.75) is 0 Å². The van der Waals surface area contributed by atoms with Gasteiger partial charge in [-0.2, -0.15) is 0 Å². The Kier molecular flexibility index (Phi) is 7.42. The summed E-state index contributed by atoms with van der Waals surface area (Å²) in [6.07, 6.45) is 3.37. The van der Waals surface area contributed by atoms with Gasteiger partial charge in [-0.05, 0) is 47.5 Å². The van der Waals surface area contributed by atoms with Crippen LogP contribution in [0.4, 0.5) is 0 Å². The number of nitrogens with zero attached hydrogens (tertiary/aromatic N) is 4. The molecule has 0 aliphatic rings. The van der Waals surface area contributed by atoms with Gasteiger partial charge in [-0.3, -0.25) is 18.7 Å². The quantitative estimate of drug-likeness (QED) is 0.309. The van der Waals surface area contributed by atoms with Crippen molar-refractivity contribution in [2.75, 3.05) is 0 Å². The van der Waals surface area contributed by atoms with Crippen molar-refractivity contribution in [1.82, 2.24) is 19.1 Å². The van der Waals surface area contributed by atoms with Crippen LogP contribution in [0.25, 0.3) is 34.2 Å². The fourth-order valence-electron chi connectivity index (χ4n) is 4.09. The second-order valence-electron chi connectivity index (χ2n) is 8.28. The van der Waals surface area contributed by atoms with E-state index in [0.717, 1.165) is 22.5 Å². The maximum absolute atomic E-state index is 12.1. The molecular weight excluding hydrogens is 472 g/mol. The Balaban J connectivity index is 0.000000155. The summed E-state index contributed by atoms with van der Waals surface area (Å²) in [5.41, 5.74) is 3.50. The van der Waals surface area contributed by atoms with Crippen LogP contribution in [0.15, 0.2) is 155 Å². The summed E-state index contributed by atoms with van der Waals surface area (Å²) in [6.45, 7) is 0. The van der Waals surface area contributed by atoms with Gasteiger partial charge in [0.25, 0.3) is 11.1 Å². The second-order valence-corrected chi connectivity index (χ2v) is 8.28. The topological polar surface area (TPSA) is 69.8 Å². The van der Waals surface area contributed by atoms with E-state index in [-0.39, 0.29) is 11.1 Å². The van der Waals surface area contributed by atoms with Crippen molar-refractivity contribution in [3.8, 4) is 34.2 Å². The van der Waals surface area contributed by atoms with Crippen molar-refractivity contribution in [3.05, 3.63) is 167 Å². The van der Waals surface area contributed by atoms with E-state index < -0.39 is 0 Å². The lowest BCUT2D eigenvalue weighted by Crippen LogP contribution is -2.19. The third-order valence-corrected chi connectivity index (χ3v) is 5.80. The molecule has 0 aliphatic carbocycles. The van der Waals surface area contributed by atoms with Crippen LogP contribution in [0, 0.1) is 0 Å². The first-order valence-electron chi connectivity index (χ1n) is 12.1. The highest BCUT2D eigenvalue weighted by Gasteiger charge is 2.09. The summed E-state index contributed by atoms with van der Waals surface area (Å²) in [6, 6.07) is 41.2. The van der Waals surface area contributed by atoms with Crippen LogP contribution in [0.3, 0.4) is 0 Å². The number of hydrogen-bond acceptors (Lipinski definition) is 4. The van der Waals surface area contributed by atoms with E-state index in [2.05, 4.69) is 9.97 Å². The molecular formula is C32H24N4O2. The van der Waals surface area contributed by atoms with Crippen molar-refractivity contribution in [3.63, 3.8) is 0 Å². The molecule has 0 atom stereocenters. The zero-order valence-electron chi connectivity index (χ0n) is 20.5. The van der Waals surface area contributed by atoms with Gasteiger partial charge in [-0.15, -0.1) is 0 Å². The first-order valence-corrected chi connectivity index (χ1v) is 12.1. The molecule has 0 spiro atoms. The molecule has 0 saturated heterocycles. The summed E-state index contributed by atoms with van der Waals surface area (Å²) in [7, 11) is 0. The molecule has 0 amide bonds. The third kappa shape index (κ3) is 5.39. The van der Waals surface area contributed by atoms with Crippen LogP contribution in [0.5, 0.6) is 0 Å². The van der Waals surface area contributed by atoms with E-state index in [1.54, 1.807) is 45.8 Å². The van der Waals surface area contributed by atoms with Crippen LogP contribution < -0.4 is 11.1 Å². The van der Waals surface area contributed by atoms with Gasteiger partial charge in [0.2, 0.25) is 0 Å². The van der Waals surface area contributed by atoms with Crippen molar-refractivity contribution >= 4 is 0 Å². The predicted octanol–water partition coefficient (Wildman–Crippen LogP) is 5.80. The molecule has 0 N–H and O–H groups in total. The van der Waals surface area contributed by atoms with E-state index in [1.165, 1.54) is 0 Å². The second kappa shape index (κ2) is 11.6. The third-order valence-electron chi connectivity index (χ3n) is 5.80. The van der Waals surface area contributed by atoms with Gasteiger partial charge in [-0.25, -0.2) is 9.97 Å². The fraction of sp³-hybridized carbons (Fsp3) is 0. The molecule has 0 unspecified atom stereocenters. The highest BCUT2D eigenvalue weighted by atomic mass is 16.1. The number of benzene rings is 2. The summed E-state index contributed by atoms with van der Waals surface area (Å²) in [5.74, 6) is 1.26. The molecule has 6 aromatic rings. The largest absolute Gasteiger partial charge is 0.269 e. The fourth-order valence-corrected chi connectivity index (χ4v) is 4.09. The molecule has 6 nitrogen and oxygen atoms in total. The van der Waals surface area contributed by atoms with Gasteiger partial charge >= 0.3 is 0 Å². The van der Waals surface area contributed by atoms with E-state index in [1.807, 2.05) is 109 Å². The maximum Gasteiger partial charge on any atom is 0.256 e. The molecule has 0 saturated carbocycles. The molecule has 0 bridgehead atoms. The van der Waals surface area contributed by atoms with Gasteiger partial charge < -0.3 is 0 Å². The average molecular weight is 497 g/mol. The van der Waals surface area contributed by atoms with Crippen LogP contribution in [0.2, 0.25) is 0 Å². The Hall–Kier alpha value is -5.36. The molecule has 4 aromatic heterocycles. The van der Waals surface area contributed by atoms with Gasteiger partial charge in [0.15, 0.2) is 0 Å². The Bertz CT molecular complexity index is 1600. The van der Waals surface area contributed by atoms with E-state index in [4.69, 9.17) is 0 Å². The Labute approximate surface area is 219 Å². The highest BCUT2D eigenvalue weighted by molar-refractivity contribution is 5.62. The molecule has 6 heteroatoms. The van der Waals surface area contributed by atoms with Crippen LogP contribution in [-0.2, 0) is 0 Å². The normalized spacial score (nSPS) is 10.3. The lowest BCUT2D eigenvalue weighted by molar-refractivity contribution is 0.949.